The number of alkyl carbamates (subject to hydrolysis) is 1. The van der Waals surface area contributed by atoms with Gasteiger partial charge in [0.2, 0.25) is 5.94 Å². The highest BCUT2D eigenvalue weighted by molar-refractivity contribution is 7.97. The van der Waals surface area contributed by atoms with Gasteiger partial charge < -0.3 is 19.9 Å². The maximum Gasteiger partial charge on any atom is 0.407 e. The Hall–Kier alpha value is -1.24. The van der Waals surface area contributed by atoms with Crippen molar-refractivity contribution in [2.75, 3.05) is 18.8 Å². The maximum absolute atomic E-state index is 12.1. The Morgan fingerprint density at radius 2 is 1.92 bits per heavy atom. The summed E-state index contributed by atoms with van der Waals surface area (Å²) in [6, 6.07) is 9.39. The van der Waals surface area contributed by atoms with E-state index < -0.39 is 6.09 Å². The minimum Gasteiger partial charge on any atom is -0.445 e. The van der Waals surface area contributed by atoms with Gasteiger partial charge in [-0.15, -0.1) is 0 Å². The third-order valence-corrected chi connectivity index (χ3v) is 6.85. The van der Waals surface area contributed by atoms with E-state index in [-0.39, 0.29) is 41.0 Å². The molecule has 0 aliphatic rings. The summed E-state index contributed by atoms with van der Waals surface area (Å²) in [7, 11) is 0.100. The number of hydrogen-bond donors (Lipinski definition) is 2. The summed E-state index contributed by atoms with van der Waals surface area (Å²) >= 11 is 0. The van der Waals surface area contributed by atoms with E-state index in [2.05, 4.69) is 32.3 Å². The van der Waals surface area contributed by atoms with Crippen molar-refractivity contribution in [3.05, 3.63) is 35.9 Å². The van der Waals surface area contributed by atoms with E-state index in [4.69, 9.17) is 14.6 Å². The van der Waals surface area contributed by atoms with Crippen LogP contribution in [0.4, 0.5) is 4.79 Å². The lowest BCUT2D eigenvalue weighted by Gasteiger charge is -2.26. The van der Waals surface area contributed by atoms with Crippen molar-refractivity contribution in [1.29, 1.82) is 0 Å². The van der Waals surface area contributed by atoms with Crippen molar-refractivity contribution in [3.8, 4) is 0 Å². The van der Waals surface area contributed by atoms with E-state index in [1.54, 1.807) is 0 Å². The second-order valence-electron chi connectivity index (χ2n) is 7.43. The highest BCUT2D eigenvalue weighted by Gasteiger charge is 2.31. The van der Waals surface area contributed by atoms with Crippen molar-refractivity contribution in [3.63, 3.8) is 0 Å². The molecule has 0 aromatic heterocycles. The Bertz CT molecular complexity index is 518. The van der Waals surface area contributed by atoms with E-state index in [9.17, 15) is 4.79 Å². The van der Waals surface area contributed by atoms with Crippen LogP contribution in [0.5, 0.6) is 0 Å². The number of benzene rings is 1. The van der Waals surface area contributed by atoms with E-state index in [0.29, 0.717) is 18.8 Å². The van der Waals surface area contributed by atoms with Gasteiger partial charge >= 0.3 is 6.09 Å². The summed E-state index contributed by atoms with van der Waals surface area (Å²) in [5.74, 6) is 0.644. The molecule has 1 amide bonds. The van der Waals surface area contributed by atoms with E-state index in [1.807, 2.05) is 37.3 Å². The van der Waals surface area contributed by atoms with Crippen LogP contribution < -0.4 is 5.32 Å². The molecule has 0 radical (unpaired) electrons. The lowest BCUT2D eigenvalue weighted by atomic mass is 10.1. The van der Waals surface area contributed by atoms with Crippen molar-refractivity contribution < 1.29 is 19.4 Å². The first-order chi connectivity index (χ1) is 12.2. The summed E-state index contributed by atoms with van der Waals surface area (Å²) in [5, 5.41) is 12.0. The van der Waals surface area contributed by atoms with Gasteiger partial charge in [0.15, 0.2) is 0 Å². The lowest BCUT2D eigenvalue weighted by molar-refractivity contribution is 0.0460. The number of nitrogens with one attached hydrogen (secondary N) is 1. The Labute approximate surface area is 160 Å². The Kier molecular flexibility index (Phi) is 10.1. The highest BCUT2D eigenvalue weighted by Crippen LogP contribution is 2.19. The highest BCUT2D eigenvalue weighted by atomic mass is 32.2. The van der Waals surface area contributed by atoms with Gasteiger partial charge in [-0.2, -0.15) is 0 Å². The first kappa shape index (κ1) is 22.8. The normalized spacial score (nSPS) is 15.2. The minimum absolute atomic E-state index is 0.100. The smallest absolute Gasteiger partial charge is 0.407 e. The molecule has 148 valence electrons. The monoisotopic (exact) mass is 384 g/mol. The van der Waals surface area contributed by atoms with E-state index in [0.717, 1.165) is 5.56 Å². The summed E-state index contributed by atoms with van der Waals surface area (Å²) < 4.78 is 11.6. The van der Waals surface area contributed by atoms with Crippen LogP contribution in [0.3, 0.4) is 0 Å². The summed E-state index contributed by atoms with van der Waals surface area (Å²) in [4.78, 5) is 12.1. The molecular weight excluding hydrogens is 350 g/mol. The number of hydrogen-bond acceptors (Lipinski definition) is 4. The van der Waals surface area contributed by atoms with Crippen molar-refractivity contribution in [1.82, 2.24) is 5.32 Å². The van der Waals surface area contributed by atoms with Crippen LogP contribution in [0.1, 0.15) is 46.1 Å². The molecule has 3 atom stereocenters. The molecule has 26 heavy (non-hydrogen) atoms. The number of aliphatic hydroxyl groups is 1. The molecule has 5 nitrogen and oxygen atoms in total. The fourth-order valence-corrected chi connectivity index (χ4v) is 2.91. The zero-order valence-electron chi connectivity index (χ0n) is 16.7. The number of ether oxygens (including phenoxy) is 2. The molecule has 1 aromatic carbocycles. The summed E-state index contributed by atoms with van der Waals surface area (Å²) in [5.41, 5.74) is 0.948. The van der Waals surface area contributed by atoms with Gasteiger partial charge in [0, 0.05) is 17.5 Å². The van der Waals surface area contributed by atoms with Crippen LogP contribution in [0.25, 0.3) is 0 Å². The molecule has 6 heteroatoms. The van der Waals surface area contributed by atoms with Crippen LogP contribution in [-0.2, 0) is 27.0 Å². The fourth-order valence-electron chi connectivity index (χ4n) is 2.18. The number of carbonyl (C=O) groups is 1. The van der Waals surface area contributed by atoms with Gasteiger partial charge in [-0.3, -0.25) is 0 Å². The maximum atomic E-state index is 12.1. The number of aliphatic hydroxyl groups excluding tert-OH is 1. The molecule has 0 saturated carbocycles. The molecule has 0 fully saturated rings. The van der Waals surface area contributed by atoms with Crippen molar-refractivity contribution in [2.24, 2.45) is 0 Å². The topological polar surface area (TPSA) is 67.8 Å². The first-order valence-corrected chi connectivity index (χ1v) is 10.9. The average Bonchev–Trinajstić information content (AvgIpc) is 2.59. The second-order valence-corrected chi connectivity index (χ2v) is 10.2. The van der Waals surface area contributed by atoms with Gasteiger partial charge in [-0.25, -0.2) is 4.79 Å². The molecule has 1 rings (SSSR count). The summed E-state index contributed by atoms with van der Waals surface area (Å²) in [6.45, 7) is 8.86. The third kappa shape index (κ3) is 8.92. The number of carbonyl (C=O) groups excluding carboxylic acids is 1. The molecule has 0 spiro atoms. The third-order valence-electron chi connectivity index (χ3n) is 4.27. The van der Waals surface area contributed by atoms with E-state index in [1.165, 1.54) is 0 Å². The van der Waals surface area contributed by atoms with E-state index >= 15 is 0 Å². The fraction of sp³-hybridized carbons (Fsp3) is 0.650. The van der Waals surface area contributed by atoms with Crippen LogP contribution in [0.15, 0.2) is 30.3 Å². The molecule has 0 saturated heterocycles. The molecule has 0 aliphatic carbocycles. The van der Waals surface area contributed by atoms with Gasteiger partial charge in [0.05, 0.1) is 12.1 Å². The predicted octanol–water partition coefficient (Wildman–Crippen LogP) is 3.46. The Balaban J connectivity index is 2.50. The van der Waals surface area contributed by atoms with Gasteiger partial charge in [-0.1, -0.05) is 30.3 Å². The molecular formula is C20H34NO4S+. The van der Waals surface area contributed by atoms with Crippen LogP contribution in [0, 0.1) is 0 Å². The van der Waals surface area contributed by atoms with Crippen LogP contribution in [0.2, 0.25) is 0 Å². The molecule has 0 aliphatic heterocycles. The largest absolute Gasteiger partial charge is 0.445 e. The summed E-state index contributed by atoms with van der Waals surface area (Å²) in [6.07, 6.45) is 2.92. The van der Waals surface area contributed by atoms with Gasteiger partial charge in [-0.05, 0) is 46.1 Å². The molecule has 2 unspecified atom stereocenters. The Morgan fingerprint density at radius 1 is 1.27 bits per heavy atom. The SMILES string of the molecule is C[C@H](NC(=O)OCc1ccccc1)C(CCCO)OC[S+](C)C(C)(C)C. The predicted molar refractivity (Wildman–Crippen MR) is 108 cm³/mol. The second kappa shape index (κ2) is 11.5. The standard InChI is InChI=1S/C20H33NO4S/c1-16(21-19(23)24-14-17-10-7-6-8-11-17)18(12-9-13-22)25-15-26(5)20(2,3)4/h6-8,10-11,16,18,22H,9,12-15H2,1-5H3/p+1/t16-,18?,26?/m0/s1. The van der Waals surface area contributed by atoms with Gasteiger partial charge in [0.25, 0.3) is 0 Å². The van der Waals surface area contributed by atoms with Crippen molar-refractivity contribution in [2.45, 2.75) is 64.0 Å². The quantitative estimate of drug-likeness (QED) is 0.606. The molecule has 0 bridgehead atoms. The van der Waals surface area contributed by atoms with Crippen LogP contribution in [-0.4, -0.2) is 46.9 Å². The molecule has 0 heterocycles. The van der Waals surface area contributed by atoms with Gasteiger partial charge in [0.1, 0.15) is 17.6 Å². The average molecular weight is 385 g/mol. The van der Waals surface area contributed by atoms with Crippen molar-refractivity contribution >= 4 is 17.0 Å². The van der Waals surface area contributed by atoms with Crippen LogP contribution >= 0.6 is 0 Å². The number of rotatable bonds is 10. The molecule has 1 aromatic rings. The molecule has 2 N–H and O–H groups in total. The first-order valence-electron chi connectivity index (χ1n) is 9.06. The zero-order chi connectivity index (χ0) is 19.6. The zero-order valence-corrected chi connectivity index (χ0v) is 17.5. The Morgan fingerprint density at radius 3 is 2.50 bits per heavy atom. The number of amides is 1. The lowest BCUT2D eigenvalue weighted by Crippen LogP contribution is -2.44. The minimum atomic E-state index is -0.453.